The van der Waals surface area contributed by atoms with E-state index in [1.165, 1.54) is 0 Å². The molecule has 0 rings (SSSR count). The summed E-state index contributed by atoms with van der Waals surface area (Å²) in [4.78, 5) is 9.82. The molecule has 74 valence electrons. The summed E-state index contributed by atoms with van der Waals surface area (Å²) in [6.45, 7) is 4.77. The molecule has 0 heterocycles. The fraction of sp³-hybridized carbons (Fsp3) is 0.857. The summed E-state index contributed by atoms with van der Waals surface area (Å²) in [5.74, 6) is 0. The number of aliphatic hydroxyl groups is 1. The van der Waals surface area contributed by atoms with Gasteiger partial charge in [0.2, 0.25) is 0 Å². The Bertz CT molecular complexity index is 97.4. The first kappa shape index (κ1) is 13.8. The largest absolute Gasteiger partial charge is 0.465 e. The molecule has 0 aromatic heterocycles. The second-order valence-corrected chi connectivity index (χ2v) is 1.57. The molecule has 0 saturated carbocycles. The molecule has 0 aliphatic carbocycles. The number of hydrogen-bond donors (Lipinski definition) is 3. The van der Waals surface area contributed by atoms with Crippen LogP contribution in [-0.2, 0) is 4.74 Å². The highest BCUT2D eigenvalue weighted by Crippen LogP contribution is 1.70. The van der Waals surface area contributed by atoms with Crippen LogP contribution in [0.2, 0.25) is 0 Å². The fourth-order valence-electron chi connectivity index (χ4n) is 0.397. The zero-order chi connectivity index (χ0) is 9.82. The highest BCUT2D eigenvalue weighted by molar-refractivity contribution is 5.64. The molecule has 12 heavy (non-hydrogen) atoms. The van der Waals surface area contributed by atoms with Crippen LogP contribution < -0.4 is 5.32 Å². The maximum absolute atomic E-state index is 9.82. The molecular formula is C7H17NO4. The molecule has 5 nitrogen and oxygen atoms in total. The maximum atomic E-state index is 9.82. The smallest absolute Gasteiger partial charge is 0.404 e. The lowest BCUT2D eigenvalue weighted by atomic mass is 10.7. The normalized spacial score (nSPS) is 8.25. The monoisotopic (exact) mass is 179 g/mol. The van der Waals surface area contributed by atoms with Gasteiger partial charge in [0.1, 0.15) is 0 Å². The van der Waals surface area contributed by atoms with Gasteiger partial charge in [-0.05, 0) is 0 Å². The van der Waals surface area contributed by atoms with Crippen molar-refractivity contribution in [2.24, 2.45) is 0 Å². The Kier molecular flexibility index (Phi) is 14.7. The Morgan fingerprint density at radius 2 is 2.00 bits per heavy atom. The lowest BCUT2D eigenvalue weighted by Gasteiger charge is -2.00. The van der Waals surface area contributed by atoms with E-state index in [1.807, 2.05) is 13.8 Å². The van der Waals surface area contributed by atoms with E-state index in [4.69, 9.17) is 14.9 Å². The van der Waals surface area contributed by atoms with Crippen molar-refractivity contribution in [1.82, 2.24) is 5.32 Å². The van der Waals surface area contributed by atoms with Crippen LogP contribution in [0.1, 0.15) is 13.8 Å². The van der Waals surface area contributed by atoms with Crippen molar-refractivity contribution in [2.75, 3.05) is 26.4 Å². The van der Waals surface area contributed by atoms with Gasteiger partial charge >= 0.3 is 6.09 Å². The predicted octanol–water partition coefficient (Wildman–Crippen LogP) is 0.289. The van der Waals surface area contributed by atoms with Crippen LogP contribution in [0.25, 0.3) is 0 Å². The first-order chi connectivity index (χ1) is 5.77. The summed E-state index contributed by atoms with van der Waals surface area (Å²) in [6, 6.07) is 0. The van der Waals surface area contributed by atoms with Gasteiger partial charge in [-0.25, -0.2) is 4.79 Å². The SMILES string of the molecule is CC.O=C(O)NCCOCCO. The second kappa shape index (κ2) is 12.8. The van der Waals surface area contributed by atoms with Crippen molar-refractivity contribution in [3.05, 3.63) is 0 Å². The minimum Gasteiger partial charge on any atom is -0.465 e. The van der Waals surface area contributed by atoms with Gasteiger partial charge in [-0.3, -0.25) is 0 Å². The Morgan fingerprint density at radius 1 is 1.42 bits per heavy atom. The number of rotatable bonds is 5. The number of hydrogen-bond acceptors (Lipinski definition) is 3. The van der Waals surface area contributed by atoms with Crippen molar-refractivity contribution in [3.8, 4) is 0 Å². The molecule has 0 aliphatic rings. The summed E-state index contributed by atoms with van der Waals surface area (Å²) in [5.41, 5.74) is 0. The van der Waals surface area contributed by atoms with Crippen molar-refractivity contribution < 1.29 is 19.7 Å². The van der Waals surface area contributed by atoms with Gasteiger partial charge < -0.3 is 20.3 Å². The molecule has 0 atom stereocenters. The van der Waals surface area contributed by atoms with E-state index < -0.39 is 6.09 Å². The van der Waals surface area contributed by atoms with Gasteiger partial charge in [-0.2, -0.15) is 0 Å². The molecule has 1 amide bonds. The van der Waals surface area contributed by atoms with Gasteiger partial charge in [0.05, 0.1) is 19.8 Å². The third-order valence-electron chi connectivity index (χ3n) is 0.758. The van der Waals surface area contributed by atoms with E-state index >= 15 is 0 Å². The summed E-state index contributed by atoms with van der Waals surface area (Å²) in [7, 11) is 0. The van der Waals surface area contributed by atoms with E-state index in [0.717, 1.165) is 0 Å². The molecule has 0 fully saturated rings. The van der Waals surface area contributed by atoms with Crippen LogP contribution in [0.15, 0.2) is 0 Å². The maximum Gasteiger partial charge on any atom is 0.404 e. The van der Waals surface area contributed by atoms with Crippen molar-refractivity contribution in [2.45, 2.75) is 13.8 Å². The highest BCUT2D eigenvalue weighted by atomic mass is 16.5. The molecule has 0 aromatic carbocycles. The lowest BCUT2D eigenvalue weighted by molar-refractivity contribution is 0.0933. The molecule has 0 aromatic rings. The van der Waals surface area contributed by atoms with E-state index in [-0.39, 0.29) is 19.8 Å². The van der Waals surface area contributed by atoms with Crippen molar-refractivity contribution >= 4 is 6.09 Å². The molecule has 0 unspecified atom stereocenters. The minimum absolute atomic E-state index is 0.0347. The number of carbonyl (C=O) groups is 1. The highest BCUT2D eigenvalue weighted by Gasteiger charge is 1.91. The molecule has 3 N–H and O–H groups in total. The summed E-state index contributed by atoms with van der Waals surface area (Å²) >= 11 is 0. The molecule has 0 spiro atoms. The third kappa shape index (κ3) is 16.1. The van der Waals surface area contributed by atoms with Crippen molar-refractivity contribution in [3.63, 3.8) is 0 Å². The topological polar surface area (TPSA) is 78.8 Å². The third-order valence-corrected chi connectivity index (χ3v) is 0.758. The van der Waals surface area contributed by atoms with Crippen LogP contribution >= 0.6 is 0 Å². The Labute approximate surface area is 72.3 Å². The Hall–Kier alpha value is -0.810. The predicted molar refractivity (Wildman–Crippen MR) is 45.3 cm³/mol. The summed E-state index contributed by atoms with van der Waals surface area (Å²) in [5, 5.41) is 18.4. The Morgan fingerprint density at radius 3 is 2.42 bits per heavy atom. The van der Waals surface area contributed by atoms with Gasteiger partial charge in [-0.15, -0.1) is 0 Å². The zero-order valence-corrected chi connectivity index (χ0v) is 7.54. The number of amides is 1. The standard InChI is InChI=1S/C5H11NO4.C2H6/c7-2-4-10-3-1-6-5(8)9;1-2/h6-7H,1-4H2,(H,8,9);1-2H3. The molecule has 0 radical (unpaired) electrons. The number of carboxylic acid groups (broad SMARTS) is 1. The van der Waals surface area contributed by atoms with Crippen LogP contribution in [0, 0.1) is 0 Å². The van der Waals surface area contributed by atoms with Crippen LogP contribution in [0.4, 0.5) is 4.79 Å². The molecule has 5 heteroatoms. The van der Waals surface area contributed by atoms with E-state index in [1.54, 1.807) is 0 Å². The van der Waals surface area contributed by atoms with Gasteiger partial charge in [0.15, 0.2) is 0 Å². The lowest BCUT2D eigenvalue weighted by Crippen LogP contribution is -2.25. The summed E-state index contributed by atoms with van der Waals surface area (Å²) < 4.78 is 4.76. The van der Waals surface area contributed by atoms with Gasteiger partial charge in [0.25, 0.3) is 0 Å². The molecule has 0 saturated heterocycles. The van der Waals surface area contributed by atoms with Crippen LogP contribution in [0.5, 0.6) is 0 Å². The Balaban J connectivity index is 0. The molecule has 0 aliphatic heterocycles. The number of aliphatic hydroxyl groups excluding tert-OH is 1. The molecular weight excluding hydrogens is 162 g/mol. The minimum atomic E-state index is -1.06. The fourth-order valence-corrected chi connectivity index (χ4v) is 0.397. The molecule has 0 bridgehead atoms. The summed E-state index contributed by atoms with van der Waals surface area (Å²) in [6.07, 6.45) is -1.06. The van der Waals surface area contributed by atoms with Crippen LogP contribution in [0.3, 0.4) is 0 Å². The zero-order valence-electron chi connectivity index (χ0n) is 7.54. The average Bonchev–Trinajstić information content (AvgIpc) is 2.07. The number of nitrogens with one attached hydrogen (secondary N) is 1. The van der Waals surface area contributed by atoms with E-state index in [2.05, 4.69) is 5.32 Å². The van der Waals surface area contributed by atoms with Gasteiger partial charge in [0, 0.05) is 6.54 Å². The van der Waals surface area contributed by atoms with Gasteiger partial charge in [-0.1, -0.05) is 13.8 Å². The second-order valence-electron chi connectivity index (χ2n) is 1.57. The number of ether oxygens (including phenoxy) is 1. The van der Waals surface area contributed by atoms with Crippen LogP contribution in [-0.4, -0.2) is 42.7 Å². The van der Waals surface area contributed by atoms with Crippen molar-refractivity contribution in [1.29, 1.82) is 0 Å². The average molecular weight is 179 g/mol. The van der Waals surface area contributed by atoms with E-state index in [9.17, 15) is 4.79 Å². The first-order valence-corrected chi connectivity index (χ1v) is 3.92. The van der Waals surface area contributed by atoms with E-state index in [0.29, 0.717) is 6.61 Å². The first-order valence-electron chi connectivity index (χ1n) is 3.92. The quantitative estimate of drug-likeness (QED) is 0.530.